The Morgan fingerprint density at radius 3 is 2.62 bits per heavy atom. The molecular weight excluding hydrogens is 288 g/mol. The number of nitrogens with one attached hydrogen (secondary N) is 1. The number of hydrogen-bond acceptors (Lipinski definition) is 5. The maximum atomic E-state index is 12.4. The monoisotopic (exact) mass is 312 g/mol. The van der Waals surface area contributed by atoms with Gasteiger partial charge in [-0.15, -0.1) is 0 Å². The third-order valence-electron chi connectivity index (χ3n) is 3.73. The van der Waals surface area contributed by atoms with E-state index < -0.39 is 10.0 Å². The van der Waals surface area contributed by atoms with Gasteiger partial charge in [0.2, 0.25) is 10.0 Å². The van der Waals surface area contributed by atoms with Crippen LogP contribution >= 0.6 is 0 Å². The second kappa shape index (κ2) is 7.20. The van der Waals surface area contributed by atoms with Gasteiger partial charge in [0.15, 0.2) is 0 Å². The van der Waals surface area contributed by atoms with Crippen LogP contribution in [0.4, 0.5) is 5.82 Å². The van der Waals surface area contributed by atoms with Crippen molar-refractivity contribution in [2.45, 2.75) is 25.2 Å². The van der Waals surface area contributed by atoms with Crippen molar-refractivity contribution in [1.82, 2.24) is 14.6 Å². The molecule has 0 unspecified atom stereocenters. The lowest BCUT2D eigenvalue weighted by Crippen LogP contribution is -2.31. The minimum atomic E-state index is -3.42. The molecule has 21 heavy (non-hydrogen) atoms. The molecule has 2 heterocycles. The Balaban J connectivity index is 2.18. The van der Waals surface area contributed by atoms with Crippen LogP contribution in [0.3, 0.4) is 0 Å². The van der Waals surface area contributed by atoms with Gasteiger partial charge in [0.1, 0.15) is 10.7 Å². The van der Waals surface area contributed by atoms with Crippen molar-refractivity contribution in [1.29, 1.82) is 0 Å². The summed E-state index contributed by atoms with van der Waals surface area (Å²) in [6.07, 6.45) is 2.54. The standard InChI is InChI=1S/C14H24N4O2S/c1-3-18(4-2)21(19,20)13-6-7-14(16-12-13)17-10-5-8-15-9-11-17/h6-7,12,15H,3-5,8-11H2,1-2H3. The Labute approximate surface area is 127 Å². The van der Waals surface area contributed by atoms with Gasteiger partial charge < -0.3 is 10.2 Å². The Morgan fingerprint density at radius 2 is 2.00 bits per heavy atom. The smallest absolute Gasteiger partial charge is 0.244 e. The first-order chi connectivity index (χ1) is 10.1. The molecule has 6 nitrogen and oxygen atoms in total. The molecule has 0 spiro atoms. The molecule has 118 valence electrons. The van der Waals surface area contributed by atoms with Gasteiger partial charge >= 0.3 is 0 Å². The number of nitrogens with zero attached hydrogens (tertiary/aromatic N) is 3. The first kappa shape index (κ1) is 16.2. The number of rotatable bonds is 5. The largest absolute Gasteiger partial charge is 0.355 e. The lowest BCUT2D eigenvalue weighted by molar-refractivity contribution is 0.445. The van der Waals surface area contributed by atoms with Crippen molar-refractivity contribution in [3.63, 3.8) is 0 Å². The number of sulfonamides is 1. The number of anilines is 1. The van der Waals surface area contributed by atoms with Crippen LogP contribution in [-0.2, 0) is 10.0 Å². The molecular formula is C14H24N4O2S. The maximum Gasteiger partial charge on any atom is 0.244 e. The fourth-order valence-corrected chi connectivity index (χ4v) is 3.90. The first-order valence-electron chi connectivity index (χ1n) is 7.51. The van der Waals surface area contributed by atoms with Crippen molar-refractivity contribution >= 4 is 15.8 Å². The first-order valence-corrected chi connectivity index (χ1v) is 8.95. The zero-order valence-corrected chi connectivity index (χ0v) is 13.6. The maximum absolute atomic E-state index is 12.4. The summed E-state index contributed by atoms with van der Waals surface area (Å²) in [6.45, 7) is 8.42. The molecule has 0 atom stereocenters. The molecule has 1 aliphatic heterocycles. The van der Waals surface area contributed by atoms with Gasteiger partial charge in [0, 0.05) is 38.9 Å². The molecule has 1 aliphatic rings. The molecule has 0 saturated carbocycles. The van der Waals surface area contributed by atoms with E-state index in [0.717, 1.165) is 38.4 Å². The molecule has 7 heteroatoms. The molecule has 0 bridgehead atoms. The highest BCUT2D eigenvalue weighted by molar-refractivity contribution is 7.89. The second-order valence-corrected chi connectivity index (χ2v) is 6.97. The van der Waals surface area contributed by atoms with Crippen LogP contribution in [0.1, 0.15) is 20.3 Å². The minimum Gasteiger partial charge on any atom is -0.355 e. The van der Waals surface area contributed by atoms with Gasteiger partial charge in [-0.05, 0) is 25.1 Å². The van der Waals surface area contributed by atoms with E-state index in [0.29, 0.717) is 13.1 Å². The number of aromatic nitrogens is 1. The Morgan fingerprint density at radius 1 is 1.24 bits per heavy atom. The summed E-state index contributed by atoms with van der Waals surface area (Å²) in [5, 5.41) is 3.34. The zero-order chi connectivity index (χ0) is 15.3. The summed E-state index contributed by atoms with van der Waals surface area (Å²) < 4.78 is 26.2. The van der Waals surface area contributed by atoms with E-state index in [1.807, 2.05) is 19.9 Å². The average Bonchev–Trinajstić information content (AvgIpc) is 2.77. The lowest BCUT2D eigenvalue weighted by Gasteiger charge is -2.22. The quantitative estimate of drug-likeness (QED) is 0.875. The van der Waals surface area contributed by atoms with Gasteiger partial charge in [-0.25, -0.2) is 13.4 Å². The molecule has 0 amide bonds. The molecule has 1 saturated heterocycles. The van der Waals surface area contributed by atoms with E-state index in [1.54, 1.807) is 6.07 Å². The predicted molar refractivity (Wildman–Crippen MR) is 84.0 cm³/mol. The van der Waals surface area contributed by atoms with Crippen molar-refractivity contribution in [3.8, 4) is 0 Å². The normalized spacial score (nSPS) is 17.0. The highest BCUT2D eigenvalue weighted by atomic mass is 32.2. The lowest BCUT2D eigenvalue weighted by atomic mass is 10.3. The Hall–Kier alpha value is -1.18. The number of pyridine rings is 1. The second-order valence-electron chi connectivity index (χ2n) is 5.03. The summed E-state index contributed by atoms with van der Waals surface area (Å²) in [5.74, 6) is 0.845. The SMILES string of the molecule is CCN(CC)S(=O)(=O)c1ccc(N2CCCNCC2)nc1. The molecule has 2 rings (SSSR count). The third-order valence-corrected chi connectivity index (χ3v) is 5.76. The molecule has 0 radical (unpaired) electrons. The van der Waals surface area contributed by atoms with E-state index in [1.165, 1.54) is 10.5 Å². The van der Waals surface area contributed by atoms with Crippen molar-refractivity contribution in [3.05, 3.63) is 18.3 Å². The third kappa shape index (κ3) is 3.72. The van der Waals surface area contributed by atoms with Gasteiger partial charge in [-0.2, -0.15) is 4.31 Å². The predicted octanol–water partition coefficient (Wildman–Crippen LogP) is 0.912. The highest BCUT2D eigenvalue weighted by Gasteiger charge is 2.22. The molecule has 0 aromatic carbocycles. The van der Waals surface area contributed by atoms with Gasteiger partial charge in [0.05, 0.1) is 0 Å². The van der Waals surface area contributed by atoms with Crippen LogP contribution in [0.25, 0.3) is 0 Å². The molecule has 1 fully saturated rings. The molecule has 0 aliphatic carbocycles. The van der Waals surface area contributed by atoms with Gasteiger partial charge in [-0.1, -0.05) is 13.8 Å². The van der Waals surface area contributed by atoms with E-state index in [9.17, 15) is 8.42 Å². The van der Waals surface area contributed by atoms with Crippen LogP contribution in [0.15, 0.2) is 23.2 Å². The van der Waals surface area contributed by atoms with Gasteiger partial charge in [-0.3, -0.25) is 0 Å². The number of hydrogen-bond donors (Lipinski definition) is 1. The van der Waals surface area contributed by atoms with E-state index in [-0.39, 0.29) is 4.90 Å². The topological polar surface area (TPSA) is 65.5 Å². The Bertz CT molecular complexity index is 533. The van der Waals surface area contributed by atoms with Crippen LogP contribution < -0.4 is 10.2 Å². The van der Waals surface area contributed by atoms with Crippen LogP contribution in [0, 0.1) is 0 Å². The fourth-order valence-electron chi connectivity index (χ4n) is 2.50. The summed E-state index contributed by atoms with van der Waals surface area (Å²) >= 11 is 0. The van der Waals surface area contributed by atoms with Crippen LogP contribution in [0.2, 0.25) is 0 Å². The van der Waals surface area contributed by atoms with Crippen molar-refractivity contribution < 1.29 is 8.42 Å². The van der Waals surface area contributed by atoms with E-state index >= 15 is 0 Å². The highest BCUT2D eigenvalue weighted by Crippen LogP contribution is 2.18. The summed E-state index contributed by atoms with van der Waals surface area (Å²) in [4.78, 5) is 6.81. The average molecular weight is 312 g/mol. The van der Waals surface area contributed by atoms with E-state index in [2.05, 4.69) is 15.2 Å². The van der Waals surface area contributed by atoms with Crippen LogP contribution in [-0.4, -0.2) is 57.0 Å². The molecule has 1 aromatic rings. The summed E-state index contributed by atoms with van der Waals surface area (Å²) in [5.41, 5.74) is 0. The summed E-state index contributed by atoms with van der Waals surface area (Å²) in [7, 11) is -3.42. The molecule has 1 N–H and O–H groups in total. The van der Waals surface area contributed by atoms with E-state index in [4.69, 9.17) is 0 Å². The van der Waals surface area contributed by atoms with Gasteiger partial charge in [0.25, 0.3) is 0 Å². The molecule has 1 aromatic heterocycles. The van der Waals surface area contributed by atoms with Crippen molar-refractivity contribution in [2.24, 2.45) is 0 Å². The summed E-state index contributed by atoms with van der Waals surface area (Å²) in [6, 6.07) is 3.47. The fraction of sp³-hybridized carbons (Fsp3) is 0.643. The van der Waals surface area contributed by atoms with Crippen molar-refractivity contribution in [2.75, 3.05) is 44.2 Å². The zero-order valence-electron chi connectivity index (χ0n) is 12.7. The van der Waals surface area contributed by atoms with Crippen LogP contribution in [0.5, 0.6) is 0 Å². The minimum absolute atomic E-state index is 0.267. The Kier molecular flexibility index (Phi) is 5.55.